The largest absolute Gasteiger partial charge is 0.497 e. The Balaban J connectivity index is 1.90. The molecule has 1 aromatic carbocycles. The lowest BCUT2D eigenvalue weighted by molar-refractivity contribution is -0.120. The predicted molar refractivity (Wildman–Crippen MR) is 111 cm³/mol. The number of aromatic nitrogens is 2. The van der Waals surface area contributed by atoms with Gasteiger partial charge in [0.25, 0.3) is 5.56 Å². The molecule has 3 aromatic heterocycles. The second kappa shape index (κ2) is 7.56. The van der Waals surface area contributed by atoms with Crippen molar-refractivity contribution in [3.05, 3.63) is 69.8 Å². The maximum atomic E-state index is 13.4. The number of fused-ring (bicyclic) bond motifs is 1. The molecule has 0 saturated carbocycles. The average Bonchev–Trinajstić information content (AvgIpc) is 3.38. The zero-order chi connectivity index (χ0) is 20.5. The number of methoxy groups -OCH3 is 1. The number of thiophene rings is 1. The van der Waals surface area contributed by atoms with E-state index >= 15 is 0 Å². The number of nitrogens with two attached hydrogens (primary N) is 1. The van der Waals surface area contributed by atoms with Crippen LogP contribution >= 0.6 is 11.3 Å². The summed E-state index contributed by atoms with van der Waals surface area (Å²) in [5.41, 5.74) is 6.82. The fourth-order valence-corrected chi connectivity index (χ4v) is 4.17. The van der Waals surface area contributed by atoms with E-state index in [-0.39, 0.29) is 5.56 Å². The Morgan fingerprint density at radius 3 is 2.69 bits per heavy atom. The highest BCUT2D eigenvalue weighted by molar-refractivity contribution is 7.17. The molecule has 4 aromatic rings. The van der Waals surface area contributed by atoms with Crippen molar-refractivity contribution in [2.75, 3.05) is 7.11 Å². The van der Waals surface area contributed by atoms with Gasteiger partial charge in [-0.2, -0.15) is 0 Å². The van der Waals surface area contributed by atoms with Crippen LogP contribution in [0.15, 0.2) is 57.3 Å². The summed E-state index contributed by atoms with van der Waals surface area (Å²) < 4.78 is 12.0. The summed E-state index contributed by atoms with van der Waals surface area (Å²) in [6, 6.07) is 10.2. The number of hydrogen-bond acceptors (Lipinski definition) is 6. The van der Waals surface area contributed by atoms with Gasteiger partial charge in [0.2, 0.25) is 5.91 Å². The van der Waals surface area contributed by atoms with Crippen LogP contribution in [0.25, 0.3) is 21.5 Å². The van der Waals surface area contributed by atoms with Crippen molar-refractivity contribution in [3.8, 4) is 17.1 Å². The minimum atomic E-state index is -0.836. The summed E-state index contributed by atoms with van der Waals surface area (Å²) in [4.78, 5) is 30.7. The van der Waals surface area contributed by atoms with Crippen molar-refractivity contribution in [3.63, 3.8) is 0 Å². The number of hydrogen-bond donors (Lipinski definition) is 1. The molecule has 29 heavy (non-hydrogen) atoms. The van der Waals surface area contributed by atoms with Gasteiger partial charge in [-0.25, -0.2) is 4.98 Å². The monoisotopic (exact) mass is 409 g/mol. The molecular formula is C21H19N3O4S. The van der Waals surface area contributed by atoms with Crippen molar-refractivity contribution < 1.29 is 13.9 Å². The first-order valence-electron chi connectivity index (χ1n) is 8.98. The molecule has 0 aliphatic carbocycles. The molecule has 0 fully saturated rings. The van der Waals surface area contributed by atoms with E-state index in [2.05, 4.69) is 0 Å². The SMILES string of the molecule is COc1ccc(Cc2nc3scc(-c4ccco4)c3c(=O)n2C(C)C(N)=O)cc1. The van der Waals surface area contributed by atoms with Crippen molar-refractivity contribution in [1.29, 1.82) is 0 Å². The van der Waals surface area contributed by atoms with E-state index in [9.17, 15) is 9.59 Å². The van der Waals surface area contributed by atoms with Gasteiger partial charge in [-0.15, -0.1) is 11.3 Å². The molecule has 0 aliphatic rings. The number of carbonyl (C=O) groups is 1. The van der Waals surface area contributed by atoms with Gasteiger partial charge in [0.05, 0.1) is 18.8 Å². The van der Waals surface area contributed by atoms with E-state index < -0.39 is 11.9 Å². The summed E-state index contributed by atoms with van der Waals surface area (Å²) in [5.74, 6) is 1.20. The quantitative estimate of drug-likeness (QED) is 0.526. The smallest absolute Gasteiger partial charge is 0.263 e. The minimum Gasteiger partial charge on any atom is -0.497 e. The highest BCUT2D eigenvalue weighted by Crippen LogP contribution is 2.32. The number of ether oxygens (including phenoxy) is 1. The van der Waals surface area contributed by atoms with E-state index in [1.54, 1.807) is 32.4 Å². The van der Waals surface area contributed by atoms with Crippen molar-refractivity contribution in [1.82, 2.24) is 9.55 Å². The predicted octanol–water partition coefficient (Wildman–Crippen LogP) is 3.36. The molecule has 0 aliphatic heterocycles. The molecule has 0 radical (unpaired) electrons. The van der Waals surface area contributed by atoms with Gasteiger partial charge < -0.3 is 14.9 Å². The van der Waals surface area contributed by atoms with E-state index in [4.69, 9.17) is 19.9 Å². The molecule has 0 bridgehead atoms. The summed E-state index contributed by atoms with van der Waals surface area (Å²) in [7, 11) is 1.60. The fraction of sp³-hybridized carbons (Fsp3) is 0.190. The van der Waals surface area contributed by atoms with Crippen LogP contribution in [-0.4, -0.2) is 22.6 Å². The molecule has 8 heteroatoms. The Kier molecular flexibility index (Phi) is 4.94. The van der Waals surface area contributed by atoms with Crippen molar-refractivity contribution in [2.45, 2.75) is 19.4 Å². The van der Waals surface area contributed by atoms with E-state index in [1.807, 2.05) is 29.6 Å². The molecule has 0 spiro atoms. The molecule has 7 nitrogen and oxygen atoms in total. The second-order valence-electron chi connectivity index (χ2n) is 6.61. The summed E-state index contributed by atoms with van der Waals surface area (Å²) in [6.45, 7) is 1.60. The number of benzene rings is 1. The first-order chi connectivity index (χ1) is 14.0. The summed E-state index contributed by atoms with van der Waals surface area (Å²) in [5, 5.41) is 2.27. The zero-order valence-corrected chi connectivity index (χ0v) is 16.7. The third-order valence-corrected chi connectivity index (χ3v) is 5.69. The second-order valence-corrected chi connectivity index (χ2v) is 7.47. The van der Waals surface area contributed by atoms with Crippen molar-refractivity contribution >= 4 is 27.5 Å². The van der Waals surface area contributed by atoms with Gasteiger partial charge in [-0.3, -0.25) is 14.2 Å². The number of nitrogens with zero attached hydrogens (tertiary/aromatic N) is 2. The summed E-state index contributed by atoms with van der Waals surface area (Å²) >= 11 is 1.37. The van der Waals surface area contributed by atoms with Crippen LogP contribution in [0.1, 0.15) is 24.4 Å². The van der Waals surface area contributed by atoms with Gasteiger partial charge in [-0.1, -0.05) is 12.1 Å². The maximum Gasteiger partial charge on any atom is 0.263 e. The molecule has 4 rings (SSSR count). The molecule has 1 unspecified atom stereocenters. The lowest BCUT2D eigenvalue weighted by Crippen LogP contribution is -2.35. The highest BCUT2D eigenvalue weighted by atomic mass is 32.1. The molecule has 2 N–H and O–H groups in total. The topological polar surface area (TPSA) is 100 Å². The third-order valence-electron chi connectivity index (χ3n) is 4.82. The highest BCUT2D eigenvalue weighted by Gasteiger charge is 2.23. The van der Waals surface area contributed by atoms with Gasteiger partial charge in [-0.05, 0) is 36.8 Å². The first-order valence-corrected chi connectivity index (χ1v) is 9.86. The number of primary amides is 1. The van der Waals surface area contributed by atoms with E-state index in [1.165, 1.54) is 15.9 Å². The number of amides is 1. The Morgan fingerprint density at radius 1 is 1.31 bits per heavy atom. The summed E-state index contributed by atoms with van der Waals surface area (Å²) in [6.07, 6.45) is 1.93. The fourth-order valence-electron chi connectivity index (χ4n) is 3.24. The molecule has 148 valence electrons. The van der Waals surface area contributed by atoms with Crippen LogP contribution in [0.3, 0.4) is 0 Å². The van der Waals surface area contributed by atoms with Crippen LogP contribution in [0.2, 0.25) is 0 Å². The lowest BCUT2D eigenvalue weighted by atomic mass is 10.1. The van der Waals surface area contributed by atoms with Crippen LogP contribution in [0.5, 0.6) is 5.75 Å². The number of rotatable bonds is 6. The normalized spacial score (nSPS) is 12.2. The van der Waals surface area contributed by atoms with Crippen molar-refractivity contribution in [2.24, 2.45) is 5.73 Å². The molecule has 1 amide bonds. The maximum absolute atomic E-state index is 13.4. The minimum absolute atomic E-state index is 0.308. The Hall–Kier alpha value is -3.39. The number of furan rings is 1. The standard InChI is InChI=1S/C21H19N3O4S/c1-12(19(22)25)24-17(10-13-5-7-14(27-2)8-6-13)23-20-18(21(24)26)15(11-29-20)16-4-3-9-28-16/h3-9,11-12H,10H2,1-2H3,(H2,22,25). The molecule has 3 heterocycles. The number of carbonyl (C=O) groups excluding carboxylic acids is 1. The molecule has 0 saturated heterocycles. The average molecular weight is 409 g/mol. The van der Waals surface area contributed by atoms with Crippen LogP contribution in [0, 0.1) is 0 Å². The van der Waals surface area contributed by atoms with Gasteiger partial charge in [0.1, 0.15) is 28.2 Å². The van der Waals surface area contributed by atoms with Gasteiger partial charge >= 0.3 is 0 Å². The molecular weight excluding hydrogens is 390 g/mol. The van der Waals surface area contributed by atoms with Gasteiger partial charge in [0, 0.05) is 17.4 Å². The third kappa shape index (κ3) is 3.42. The first kappa shape index (κ1) is 18.9. The Morgan fingerprint density at radius 2 is 2.07 bits per heavy atom. The lowest BCUT2D eigenvalue weighted by Gasteiger charge is -2.17. The van der Waals surface area contributed by atoms with E-state index in [0.717, 1.165) is 11.3 Å². The van der Waals surface area contributed by atoms with Crippen LogP contribution in [-0.2, 0) is 11.2 Å². The van der Waals surface area contributed by atoms with Gasteiger partial charge in [0.15, 0.2) is 0 Å². The Labute approximate surface area is 170 Å². The molecule has 1 atom stereocenters. The van der Waals surface area contributed by atoms with Crippen LogP contribution < -0.4 is 16.0 Å². The Bertz CT molecular complexity index is 1220. The zero-order valence-electron chi connectivity index (χ0n) is 15.9. The van der Waals surface area contributed by atoms with Crippen LogP contribution in [0.4, 0.5) is 0 Å². The van der Waals surface area contributed by atoms with E-state index in [0.29, 0.717) is 33.8 Å².